The fraction of sp³-hybridized carbons (Fsp3) is 0.316. The second kappa shape index (κ2) is 8.35. The van der Waals surface area contributed by atoms with Gasteiger partial charge in [0.25, 0.3) is 0 Å². The second-order valence-corrected chi connectivity index (χ2v) is 6.60. The van der Waals surface area contributed by atoms with Crippen molar-refractivity contribution in [3.05, 3.63) is 52.4 Å². The molecule has 148 valence electrons. The van der Waals surface area contributed by atoms with Crippen LogP contribution in [-0.4, -0.2) is 39.7 Å². The van der Waals surface area contributed by atoms with Crippen molar-refractivity contribution in [2.45, 2.75) is 26.9 Å². The van der Waals surface area contributed by atoms with Gasteiger partial charge in [-0.25, -0.2) is 4.68 Å². The van der Waals surface area contributed by atoms with Gasteiger partial charge in [0.05, 0.1) is 43.4 Å². The summed E-state index contributed by atoms with van der Waals surface area (Å²) in [6.45, 7) is 4.11. The largest absolute Gasteiger partial charge is 0.493 e. The summed E-state index contributed by atoms with van der Waals surface area (Å²) in [5.74, 6) is 1.62. The molecule has 28 heavy (non-hydrogen) atoms. The Bertz CT molecular complexity index is 996. The number of halogens is 1. The van der Waals surface area contributed by atoms with Gasteiger partial charge in [0, 0.05) is 11.6 Å². The van der Waals surface area contributed by atoms with E-state index in [1.807, 2.05) is 25.1 Å². The summed E-state index contributed by atoms with van der Waals surface area (Å²) in [7, 11) is 3.18. The summed E-state index contributed by atoms with van der Waals surface area (Å²) in [5.41, 5.74) is 2.33. The zero-order valence-electron chi connectivity index (χ0n) is 16.2. The van der Waals surface area contributed by atoms with E-state index in [-0.39, 0.29) is 12.5 Å². The summed E-state index contributed by atoms with van der Waals surface area (Å²) in [6, 6.07) is 7.36. The molecule has 0 aliphatic heterocycles. The molecular weight excluding hydrogens is 382 g/mol. The molecule has 0 fully saturated rings. The molecule has 2 aromatic heterocycles. The van der Waals surface area contributed by atoms with Crippen molar-refractivity contribution in [1.82, 2.24) is 19.6 Å². The predicted octanol–water partition coefficient (Wildman–Crippen LogP) is 3.05. The van der Waals surface area contributed by atoms with Crippen molar-refractivity contribution in [1.29, 1.82) is 0 Å². The standard InChI is InChI=1S/C19H22ClN5O3/c1-12-18(20)13(2)24(23-12)11-17(26)22-16-8-9-21-25(16)10-14-6-5-7-15(27-3)19(14)28-4/h5-9H,10-11H2,1-4H3,(H,22,26). The van der Waals surface area contributed by atoms with Crippen molar-refractivity contribution >= 4 is 23.3 Å². The molecule has 1 N–H and O–H groups in total. The monoisotopic (exact) mass is 403 g/mol. The van der Waals surface area contributed by atoms with Gasteiger partial charge < -0.3 is 14.8 Å². The van der Waals surface area contributed by atoms with E-state index in [1.54, 1.807) is 42.8 Å². The van der Waals surface area contributed by atoms with Gasteiger partial charge in [0.15, 0.2) is 11.5 Å². The van der Waals surface area contributed by atoms with Gasteiger partial charge in [-0.1, -0.05) is 23.7 Å². The number of aromatic nitrogens is 4. The van der Waals surface area contributed by atoms with Crippen molar-refractivity contribution in [3.63, 3.8) is 0 Å². The van der Waals surface area contributed by atoms with E-state index in [2.05, 4.69) is 15.5 Å². The number of anilines is 1. The summed E-state index contributed by atoms with van der Waals surface area (Å²) < 4.78 is 14.1. The fourth-order valence-corrected chi connectivity index (χ4v) is 3.09. The van der Waals surface area contributed by atoms with Crippen molar-refractivity contribution in [3.8, 4) is 11.5 Å². The third-order valence-corrected chi connectivity index (χ3v) is 4.92. The molecule has 0 atom stereocenters. The quantitative estimate of drug-likeness (QED) is 0.655. The third kappa shape index (κ3) is 3.96. The average Bonchev–Trinajstić information content (AvgIpc) is 3.21. The first-order valence-corrected chi connectivity index (χ1v) is 9.03. The molecule has 3 aromatic rings. The summed E-state index contributed by atoms with van der Waals surface area (Å²) in [6.07, 6.45) is 1.63. The molecule has 0 spiro atoms. The minimum absolute atomic E-state index is 0.0626. The number of nitrogens with zero attached hydrogens (tertiary/aromatic N) is 4. The van der Waals surface area contributed by atoms with Crippen LogP contribution >= 0.6 is 11.6 Å². The predicted molar refractivity (Wildman–Crippen MR) is 106 cm³/mol. The molecule has 9 heteroatoms. The lowest BCUT2D eigenvalue weighted by molar-refractivity contribution is -0.117. The number of ether oxygens (including phenoxy) is 2. The average molecular weight is 404 g/mol. The van der Waals surface area contributed by atoms with E-state index in [0.717, 1.165) is 11.3 Å². The molecule has 1 amide bonds. The van der Waals surface area contributed by atoms with Crippen LogP contribution in [0.4, 0.5) is 5.82 Å². The zero-order valence-corrected chi connectivity index (χ0v) is 16.9. The van der Waals surface area contributed by atoms with E-state index in [0.29, 0.717) is 34.6 Å². The van der Waals surface area contributed by atoms with Crippen LogP contribution in [0.1, 0.15) is 17.0 Å². The first kappa shape index (κ1) is 19.8. The van der Waals surface area contributed by atoms with E-state index < -0.39 is 0 Å². The zero-order chi connectivity index (χ0) is 20.3. The lowest BCUT2D eigenvalue weighted by atomic mass is 10.2. The molecule has 0 radical (unpaired) electrons. The van der Waals surface area contributed by atoms with E-state index >= 15 is 0 Å². The Kier molecular flexibility index (Phi) is 5.89. The molecule has 0 bridgehead atoms. The van der Waals surface area contributed by atoms with Crippen molar-refractivity contribution in [2.24, 2.45) is 0 Å². The highest BCUT2D eigenvalue weighted by atomic mass is 35.5. The highest BCUT2D eigenvalue weighted by Crippen LogP contribution is 2.31. The van der Waals surface area contributed by atoms with E-state index in [9.17, 15) is 4.79 Å². The molecule has 0 aliphatic carbocycles. The van der Waals surface area contributed by atoms with Gasteiger partial charge in [-0.15, -0.1) is 0 Å². The number of para-hydroxylation sites is 1. The van der Waals surface area contributed by atoms with E-state index in [1.165, 1.54) is 0 Å². The van der Waals surface area contributed by atoms with Crippen LogP contribution in [0.3, 0.4) is 0 Å². The Morgan fingerprint density at radius 1 is 1.18 bits per heavy atom. The first-order chi connectivity index (χ1) is 13.4. The molecule has 1 aromatic carbocycles. The Morgan fingerprint density at radius 3 is 2.61 bits per heavy atom. The minimum Gasteiger partial charge on any atom is -0.493 e. The number of hydrogen-bond donors (Lipinski definition) is 1. The number of rotatable bonds is 7. The number of carbonyl (C=O) groups excluding carboxylic acids is 1. The fourth-order valence-electron chi connectivity index (χ4n) is 2.95. The summed E-state index contributed by atoms with van der Waals surface area (Å²) in [5, 5.41) is 12.0. The molecule has 0 saturated carbocycles. The number of aryl methyl sites for hydroxylation is 1. The number of methoxy groups -OCH3 is 2. The van der Waals surface area contributed by atoms with Gasteiger partial charge in [0.2, 0.25) is 5.91 Å². The Hall–Kier alpha value is -3.00. The topological polar surface area (TPSA) is 83.2 Å². The number of hydrogen-bond acceptors (Lipinski definition) is 5. The maximum absolute atomic E-state index is 12.5. The molecule has 0 aliphatic rings. The van der Waals surface area contributed by atoms with Crippen LogP contribution in [0.25, 0.3) is 0 Å². The van der Waals surface area contributed by atoms with Gasteiger partial charge in [0.1, 0.15) is 12.4 Å². The van der Waals surface area contributed by atoms with Crippen LogP contribution in [0.5, 0.6) is 11.5 Å². The van der Waals surface area contributed by atoms with Crippen LogP contribution in [0.2, 0.25) is 5.02 Å². The molecule has 0 saturated heterocycles. The highest BCUT2D eigenvalue weighted by molar-refractivity contribution is 6.31. The number of nitrogens with one attached hydrogen (secondary N) is 1. The van der Waals surface area contributed by atoms with Crippen LogP contribution in [-0.2, 0) is 17.9 Å². The van der Waals surface area contributed by atoms with Gasteiger partial charge in [-0.3, -0.25) is 9.48 Å². The maximum atomic E-state index is 12.5. The Labute approximate surface area is 168 Å². The molecule has 0 unspecified atom stereocenters. The third-order valence-electron chi connectivity index (χ3n) is 4.38. The van der Waals surface area contributed by atoms with Crippen LogP contribution in [0, 0.1) is 13.8 Å². The minimum atomic E-state index is -0.221. The Balaban J connectivity index is 1.75. The molecule has 2 heterocycles. The first-order valence-electron chi connectivity index (χ1n) is 8.65. The van der Waals surface area contributed by atoms with Gasteiger partial charge in [-0.05, 0) is 19.9 Å². The van der Waals surface area contributed by atoms with Crippen LogP contribution in [0.15, 0.2) is 30.5 Å². The van der Waals surface area contributed by atoms with Gasteiger partial charge >= 0.3 is 0 Å². The number of amides is 1. The smallest absolute Gasteiger partial charge is 0.247 e. The van der Waals surface area contributed by atoms with Crippen molar-refractivity contribution in [2.75, 3.05) is 19.5 Å². The number of benzene rings is 1. The van der Waals surface area contributed by atoms with Crippen LogP contribution < -0.4 is 14.8 Å². The summed E-state index contributed by atoms with van der Waals surface area (Å²) in [4.78, 5) is 12.5. The molecular formula is C19H22ClN5O3. The second-order valence-electron chi connectivity index (χ2n) is 6.22. The van der Waals surface area contributed by atoms with E-state index in [4.69, 9.17) is 21.1 Å². The molecule has 8 nitrogen and oxygen atoms in total. The normalized spacial score (nSPS) is 10.8. The summed E-state index contributed by atoms with van der Waals surface area (Å²) >= 11 is 6.14. The lowest BCUT2D eigenvalue weighted by Gasteiger charge is -2.14. The molecule has 3 rings (SSSR count). The number of carbonyl (C=O) groups is 1. The SMILES string of the molecule is COc1cccc(Cn2nccc2NC(=O)Cn2nc(C)c(Cl)c2C)c1OC. The highest BCUT2D eigenvalue weighted by Gasteiger charge is 2.15. The van der Waals surface area contributed by atoms with Crippen molar-refractivity contribution < 1.29 is 14.3 Å². The maximum Gasteiger partial charge on any atom is 0.247 e. The Morgan fingerprint density at radius 2 is 1.96 bits per heavy atom. The van der Waals surface area contributed by atoms with Gasteiger partial charge in [-0.2, -0.15) is 10.2 Å². The lowest BCUT2D eigenvalue weighted by Crippen LogP contribution is -2.22.